The van der Waals surface area contributed by atoms with Crippen molar-refractivity contribution in [3.8, 4) is 0 Å². The Morgan fingerprint density at radius 2 is 1.58 bits per heavy atom. The second-order valence-corrected chi connectivity index (χ2v) is 10.1. The quantitative estimate of drug-likeness (QED) is 0.824. The Kier molecular flexibility index (Phi) is 4.37. The predicted octanol–water partition coefficient (Wildman–Crippen LogP) is 1.20. The Hall–Kier alpha value is -0.660. The minimum Gasteiger partial charge on any atom is -0.352 e. The molecule has 5 rings (SSSR count). The summed E-state index contributed by atoms with van der Waals surface area (Å²) in [5.41, 5.74) is 0. The van der Waals surface area contributed by atoms with Crippen LogP contribution in [0.2, 0.25) is 0 Å². The highest BCUT2D eigenvalue weighted by molar-refractivity contribution is 7.86. The second kappa shape index (κ2) is 6.25. The lowest BCUT2D eigenvalue weighted by molar-refractivity contribution is -0.125. The maximum Gasteiger partial charge on any atom is 0.282 e. The van der Waals surface area contributed by atoms with Crippen molar-refractivity contribution >= 4 is 16.1 Å². The summed E-state index contributed by atoms with van der Waals surface area (Å²) in [5, 5.41) is 3.22. The molecule has 0 unspecified atom stereocenters. The van der Waals surface area contributed by atoms with E-state index in [0.29, 0.717) is 31.5 Å². The first-order valence-electron chi connectivity index (χ1n) is 9.52. The molecule has 0 aromatic heterocycles. The van der Waals surface area contributed by atoms with Gasteiger partial charge in [0.2, 0.25) is 5.91 Å². The first-order chi connectivity index (χ1) is 11.5. The van der Waals surface area contributed by atoms with Crippen LogP contribution in [0.1, 0.15) is 45.4 Å². The van der Waals surface area contributed by atoms with Gasteiger partial charge in [0.25, 0.3) is 10.2 Å². The second-order valence-electron chi connectivity index (χ2n) is 8.21. The summed E-state index contributed by atoms with van der Waals surface area (Å²) in [7, 11) is -3.46. The Morgan fingerprint density at radius 1 is 1.00 bits per heavy atom. The van der Waals surface area contributed by atoms with Gasteiger partial charge in [-0.2, -0.15) is 17.0 Å². The van der Waals surface area contributed by atoms with Crippen molar-refractivity contribution in [1.82, 2.24) is 13.9 Å². The average Bonchev–Trinajstić information content (AvgIpc) is 2.52. The van der Waals surface area contributed by atoms with E-state index < -0.39 is 10.2 Å². The van der Waals surface area contributed by atoms with Gasteiger partial charge in [-0.1, -0.05) is 6.92 Å². The standard InChI is InChI=1S/C17H29N3O3S/c1-2-19-4-3-5-20(24(19,22)23)11-16(21)18-17-14-7-12-6-13(9-14)10-15(17)8-12/h12-15,17H,2-11H2,1H3,(H,18,21). The molecule has 4 aliphatic carbocycles. The summed E-state index contributed by atoms with van der Waals surface area (Å²) < 4.78 is 27.8. The van der Waals surface area contributed by atoms with Crippen molar-refractivity contribution in [3.05, 3.63) is 0 Å². The van der Waals surface area contributed by atoms with Crippen molar-refractivity contribution in [1.29, 1.82) is 0 Å². The third-order valence-corrected chi connectivity index (χ3v) is 8.75. The molecule has 5 fully saturated rings. The normalized spacial score (nSPS) is 41.5. The molecule has 1 heterocycles. The van der Waals surface area contributed by atoms with Gasteiger partial charge in [0.15, 0.2) is 0 Å². The molecule has 136 valence electrons. The lowest BCUT2D eigenvalue weighted by Gasteiger charge is -2.54. The molecule has 1 aliphatic heterocycles. The van der Waals surface area contributed by atoms with Crippen LogP contribution < -0.4 is 5.32 Å². The summed E-state index contributed by atoms with van der Waals surface area (Å²) in [4.78, 5) is 12.6. The molecule has 5 aliphatic rings. The largest absolute Gasteiger partial charge is 0.352 e. The molecule has 0 spiro atoms. The van der Waals surface area contributed by atoms with Gasteiger partial charge in [-0.05, 0) is 62.2 Å². The van der Waals surface area contributed by atoms with Crippen molar-refractivity contribution in [3.63, 3.8) is 0 Å². The molecule has 0 atom stereocenters. The van der Waals surface area contributed by atoms with Gasteiger partial charge in [0.05, 0.1) is 6.54 Å². The maximum absolute atomic E-state index is 12.6. The van der Waals surface area contributed by atoms with Crippen LogP contribution in [0, 0.1) is 23.7 Å². The SMILES string of the molecule is CCN1CCCN(CC(=O)NC2C3CC4CC(C3)CC2C4)S1(=O)=O. The molecule has 4 bridgehead atoms. The van der Waals surface area contributed by atoms with E-state index in [0.717, 1.165) is 18.3 Å². The molecular weight excluding hydrogens is 326 g/mol. The van der Waals surface area contributed by atoms with Crippen LogP contribution >= 0.6 is 0 Å². The van der Waals surface area contributed by atoms with Crippen LogP contribution in [0.15, 0.2) is 0 Å². The minimum absolute atomic E-state index is 0.0262. The number of nitrogens with zero attached hydrogens (tertiary/aromatic N) is 2. The summed E-state index contributed by atoms with van der Waals surface area (Å²) in [5.74, 6) is 2.88. The van der Waals surface area contributed by atoms with E-state index in [2.05, 4.69) is 5.32 Å². The number of hydrogen-bond acceptors (Lipinski definition) is 3. The molecular formula is C17H29N3O3S. The zero-order valence-electron chi connectivity index (χ0n) is 14.5. The first-order valence-corrected chi connectivity index (χ1v) is 10.9. The smallest absolute Gasteiger partial charge is 0.282 e. The van der Waals surface area contributed by atoms with Gasteiger partial charge in [-0.15, -0.1) is 0 Å². The topological polar surface area (TPSA) is 69.7 Å². The maximum atomic E-state index is 12.6. The lowest BCUT2D eigenvalue weighted by Crippen LogP contribution is -2.58. The number of nitrogens with one attached hydrogen (secondary N) is 1. The number of rotatable bonds is 4. The van der Waals surface area contributed by atoms with Crippen LogP contribution in [0.5, 0.6) is 0 Å². The first kappa shape index (κ1) is 16.8. The van der Waals surface area contributed by atoms with Gasteiger partial charge in [-0.3, -0.25) is 4.79 Å². The van der Waals surface area contributed by atoms with Crippen molar-refractivity contribution < 1.29 is 13.2 Å². The third-order valence-electron chi connectivity index (χ3n) is 6.69. The van der Waals surface area contributed by atoms with E-state index in [4.69, 9.17) is 0 Å². The van der Waals surface area contributed by atoms with E-state index in [1.165, 1.54) is 40.7 Å². The zero-order valence-corrected chi connectivity index (χ0v) is 15.3. The van der Waals surface area contributed by atoms with Crippen molar-refractivity contribution in [2.75, 3.05) is 26.2 Å². The number of carbonyl (C=O) groups excluding carboxylic acids is 1. The summed E-state index contributed by atoms with van der Waals surface area (Å²) in [6.45, 7) is 3.30. The van der Waals surface area contributed by atoms with Crippen LogP contribution in [-0.4, -0.2) is 55.2 Å². The molecule has 4 saturated carbocycles. The van der Waals surface area contributed by atoms with E-state index in [1.54, 1.807) is 0 Å². The molecule has 1 amide bonds. The van der Waals surface area contributed by atoms with Gasteiger partial charge < -0.3 is 5.32 Å². The fourth-order valence-electron chi connectivity index (χ4n) is 5.85. The molecule has 0 aromatic carbocycles. The van der Waals surface area contributed by atoms with E-state index in [-0.39, 0.29) is 18.5 Å². The number of carbonyl (C=O) groups is 1. The molecule has 1 N–H and O–H groups in total. The summed E-state index contributed by atoms with van der Waals surface area (Å²) in [6, 6.07) is 0.278. The Labute approximate surface area is 145 Å². The van der Waals surface area contributed by atoms with E-state index in [9.17, 15) is 13.2 Å². The van der Waals surface area contributed by atoms with Crippen molar-refractivity contribution in [2.24, 2.45) is 23.7 Å². The molecule has 6 nitrogen and oxygen atoms in total. The van der Waals surface area contributed by atoms with Gasteiger partial charge in [0.1, 0.15) is 0 Å². The highest BCUT2D eigenvalue weighted by Gasteiger charge is 2.48. The van der Waals surface area contributed by atoms with Gasteiger partial charge in [0, 0.05) is 25.7 Å². The molecule has 1 saturated heterocycles. The molecule has 0 aromatic rings. The monoisotopic (exact) mass is 355 g/mol. The highest BCUT2D eigenvalue weighted by atomic mass is 32.2. The Morgan fingerprint density at radius 3 is 2.17 bits per heavy atom. The van der Waals surface area contributed by atoms with E-state index in [1.807, 2.05) is 6.92 Å². The lowest BCUT2D eigenvalue weighted by atomic mass is 9.54. The van der Waals surface area contributed by atoms with Crippen molar-refractivity contribution in [2.45, 2.75) is 51.5 Å². The highest BCUT2D eigenvalue weighted by Crippen LogP contribution is 2.53. The zero-order chi connectivity index (χ0) is 16.9. The van der Waals surface area contributed by atoms with Crippen LogP contribution in [0.3, 0.4) is 0 Å². The Balaban J connectivity index is 1.39. The summed E-state index contributed by atoms with van der Waals surface area (Å²) in [6.07, 6.45) is 7.20. The molecule has 24 heavy (non-hydrogen) atoms. The minimum atomic E-state index is -3.46. The number of hydrogen-bond donors (Lipinski definition) is 1. The fourth-order valence-corrected chi connectivity index (χ4v) is 7.50. The average molecular weight is 356 g/mol. The molecule has 7 heteroatoms. The van der Waals surface area contributed by atoms with Gasteiger partial charge >= 0.3 is 0 Å². The predicted molar refractivity (Wildman–Crippen MR) is 91.3 cm³/mol. The third kappa shape index (κ3) is 2.88. The Bertz CT molecular complexity index is 578. The van der Waals surface area contributed by atoms with Crippen LogP contribution in [-0.2, 0) is 15.0 Å². The van der Waals surface area contributed by atoms with E-state index >= 15 is 0 Å². The summed E-state index contributed by atoms with van der Waals surface area (Å²) >= 11 is 0. The van der Waals surface area contributed by atoms with Crippen LogP contribution in [0.4, 0.5) is 0 Å². The van der Waals surface area contributed by atoms with Crippen LogP contribution in [0.25, 0.3) is 0 Å². The number of amides is 1. The molecule has 0 radical (unpaired) electrons. The fraction of sp³-hybridized carbons (Fsp3) is 0.941. The van der Waals surface area contributed by atoms with Gasteiger partial charge in [-0.25, -0.2) is 0 Å².